The van der Waals surface area contributed by atoms with Gasteiger partial charge in [-0.1, -0.05) is 200 Å². The van der Waals surface area contributed by atoms with Crippen LogP contribution in [0.4, 0.5) is 4.79 Å². The molecule has 9 rings (SSSR count). The van der Waals surface area contributed by atoms with Crippen molar-refractivity contribution in [2.45, 2.75) is 14.7 Å². The Kier molecular flexibility index (Phi) is 10.5. The second kappa shape index (κ2) is 16.6. The van der Waals surface area contributed by atoms with Crippen LogP contribution in [0.2, 0.25) is 0 Å². The zero-order chi connectivity index (χ0) is 40.0. The first-order valence-electron chi connectivity index (χ1n) is 19.6. The van der Waals surface area contributed by atoms with Crippen LogP contribution in [0.15, 0.2) is 251 Å². The third kappa shape index (κ3) is 7.34. The smallest absolute Gasteiger partial charge is 0.449 e. The van der Waals surface area contributed by atoms with E-state index in [1.807, 2.05) is 140 Å². The molecular formula is C55H40O3S. The largest absolute Gasteiger partial charge is 0.517 e. The summed E-state index contributed by atoms with van der Waals surface area (Å²) in [6, 6.07) is 80.7. The molecule has 0 radical (unpaired) electrons. The third-order valence-corrected chi connectivity index (χ3v) is 13.9. The summed E-state index contributed by atoms with van der Waals surface area (Å²) in [6.07, 6.45) is -1.36. The van der Waals surface area contributed by atoms with Gasteiger partial charge in [-0.15, -0.1) is 0 Å². The fourth-order valence-corrected chi connectivity index (χ4v) is 11.6. The second-order valence-electron chi connectivity index (χ2n) is 14.2. The highest BCUT2D eigenvalue weighted by atomic mass is 32.3. The van der Waals surface area contributed by atoms with Crippen molar-refractivity contribution in [1.82, 2.24) is 0 Å². The summed E-state index contributed by atoms with van der Waals surface area (Å²) in [4.78, 5) is 16.2. The maximum absolute atomic E-state index is 13.9. The minimum absolute atomic E-state index is 0.756. The molecule has 9 aromatic rings. The Hall–Kier alpha value is -7.40. The highest BCUT2D eigenvalue weighted by Crippen LogP contribution is 2.76. The number of carboxylic acid groups (broad SMARTS) is 1. The number of hydrogen-bond donors (Lipinski definition) is 1. The standard InChI is InChI=1S/C55H40O3S/c56-55(57)58-59(48-34-20-7-21-35-48,53-49(42-26-12-3-13-27-42)36-46(40-22-8-1-9-23-40)37-50(53)43-28-14-4-15-29-43)54-51(44-30-16-5-17-31-44)38-47(41-24-10-2-11-25-41)39-52(54)45-32-18-6-19-33-45/h1-39H,(H,56,57). The lowest BCUT2D eigenvalue weighted by molar-refractivity contribution is 0.150. The third-order valence-electron chi connectivity index (χ3n) is 10.6. The monoisotopic (exact) mass is 780 g/mol. The van der Waals surface area contributed by atoms with E-state index in [9.17, 15) is 9.90 Å². The SMILES string of the molecule is O=C(O)OS(c1ccccc1)(c1c(-c2ccccc2)cc(-c2ccccc2)cc1-c1ccccc1)c1c(-c2ccccc2)cc(-c2ccccc2)cc1-c1ccccc1. The minimum Gasteiger partial charge on any atom is -0.449 e. The predicted octanol–water partition coefficient (Wildman–Crippen LogP) is 15.6. The van der Waals surface area contributed by atoms with Crippen molar-refractivity contribution >= 4 is 16.5 Å². The summed E-state index contributed by atoms with van der Waals surface area (Å²) in [5.41, 5.74) is 11.4. The van der Waals surface area contributed by atoms with Crippen molar-refractivity contribution in [2.24, 2.45) is 0 Å². The molecule has 0 amide bonds. The molecule has 0 heterocycles. The Morgan fingerprint density at radius 2 is 0.559 bits per heavy atom. The van der Waals surface area contributed by atoms with E-state index in [-0.39, 0.29) is 0 Å². The lowest BCUT2D eigenvalue weighted by Gasteiger charge is -2.44. The van der Waals surface area contributed by atoms with Crippen LogP contribution in [0.25, 0.3) is 66.8 Å². The molecule has 0 unspecified atom stereocenters. The van der Waals surface area contributed by atoms with Crippen molar-refractivity contribution in [2.75, 3.05) is 0 Å². The van der Waals surface area contributed by atoms with Crippen LogP contribution < -0.4 is 0 Å². The molecule has 0 saturated heterocycles. The Morgan fingerprint density at radius 1 is 0.322 bits per heavy atom. The van der Waals surface area contributed by atoms with E-state index < -0.39 is 16.5 Å². The van der Waals surface area contributed by atoms with Crippen LogP contribution in [0.3, 0.4) is 0 Å². The van der Waals surface area contributed by atoms with Gasteiger partial charge in [0.25, 0.3) is 0 Å². The molecule has 4 heteroatoms. The topological polar surface area (TPSA) is 46.5 Å². The van der Waals surface area contributed by atoms with Gasteiger partial charge in [0.1, 0.15) is 0 Å². The molecule has 0 aromatic heterocycles. The molecule has 9 aromatic carbocycles. The van der Waals surface area contributed by atoms with Gasteiger partial charge in [0.15, 0.2) is 0 Å². The molecule has 0 aliphatic heterocycles. The van der Waals surface area contributed by atoms with E-state index in [2.05, 4.69) is 97.1 Å². The molecule has 59 heavy (non-hydrogen) atoms. The number of hydrogen-bond acceptors (Lipinski definition) is 2. The van der Waals surface area contributed by atoms with Crippen molar-refractivity contribution in [3.8, 4) is 66.8 Å². The summed E-state index contributed by atoms with van der Waals surface area (Å²) in [5, 5.41) is 11.3. The first-order valence-corrected chi connectivity index (χ1v) is 21.2. The van der Waals surface area contributed by atoms with Crippen LogP contribution in [0.5, 0.6) is 0 Å². The van der Waals surface area contributed by atoms with Crippen molar-refractivity contribution < 1.29 is 14.1 Å². The average Bonchev–Trinajstić information content (AvgIpc) is 3.32. The van der Waals surface area contributed by atoms with Gasteiger partial charge >= 0.3 is 6.16 Å². The molecular weight excluding hydrogens is 741 g/mol. The molecule has 0 bridgehead atoms. The highest BCUT2D eigenvalue weighted by Gasteiger charge is 2.44. The van der Waals surface area contributed by atoms with Crippen LogP contribution >= 0.6 is 10.3 Å². The quantitative estimate of drug-likeness (QED) is 0.150. The van der Waals surface area contributed by atoms with Crippen molar-refractivity contribution in [3.05, 3.63) is 237 Å². The van der Waals surface area contributed by atoms with Gasteiger partial charge in [0.2, 0.25) is 0 Å². The molecule has 0 fully saturated rings. The van der Waals surface area contributed by atoms with E-state index >= 15 is 0 Å². The van der Waals surface area contributed by atoms with E-state index in [4.69, 9.17) is 4.18 Å². The van der Waals surface area contributed by atoms with Crippen LogP contribution in [-0.2, 0) is 4.18 Å². The molecule has 1 N–H and O–H groups in total. The summed E-state index contributed by atoms with van der Waals surface area (Å²) in [6.45, 7) is 0. The Bertz CT molecular complexity index is 2540. The van der Waals surface area contributed by atoms with Crippen LogP contribution in [0.1, 0.15) is 0 Å². The van der Waals surface area contributed by atoms with Crippen molar-refractivity contribution in [1.29, 1.82) is 0 Å². The Labute approximate surface area is 347 Å². The van der Waals surface area contributed by atoms with Gasteiger partial charge in [-0.2, -0.15) is 0 Å². The zero-order valence-corrected chi connectivity index (χ0v) is 33.0. The molecule has 3 nitrogen and oxygen atoms in total. The second-order valence-corrected chi connectivity index (χ2v) is 16.8. The molecule has 0 spiro atoms. The van der Waals surface area contributed by atoms with Gasteiger partial charge in [-0.3, -0.25) is 0 Å². The van der Waals surface area contributed by atoms with Gasteiger partial charge in [0, 0.05) is 14.7 Å². The molecule has 284 valence electrons. The number of carbonyl (C=O) groups is 1. The van der Waals surface area contributed by atoms with Gasteiger partial charge in [-0.25, -0.2) is 4.79 Å². The summed E-state index contributed by atoms with van der Waals surface area (Å²) in [5.74, 6) is 0. The first kappa shape index (κ1) is 37.2. The van der Waals surface area contributed by atoms with E-state index in [1.165, 1.54) is 0 Å². The summed E-state index contributed by atoms with van der Waals surface area (Å²) < 4.78 is 6.94. The van der Waals surface area contributed by atoms with E-state index in [1.54, 1.807) is 0 Å². The Morgan fingerprint density at radius 3 is 0.814 bits per heavy atom. The molecule has 0 aliphatic carbocycles. The zero-order valence-electron chi connectivity index (χ0n) is 32.2. The van der Waals surface area contributed by atoms with Crippen LogP contribution in [0, 0.1) is 0 Å². The van der Waals surface area contributed by atoms with Gasteiger partial charge in [-0.05, 0) is 113 Å². The summed E-state index contributed by atoms with van der Waals surface area (Å²) in [7, 11) is -3.24. The predicted molar refractivity (Wildman–Crippen MR) is 243 cm³/mol. The van der Waals surface area contributed by atoms with E-state index in [0.717, 1.165) is 81.4 Å². The normalized spacial score (nSPS) is 11.5. The molecule has 0 aliphatic rings. The fourth-order valence-electron chi connectivity index (χ4n) is 7.99. The fraction of sp³-hybridized carbons (Fsp3) is 0. The van der Waals surface area contributed by atoms with Gasteiger partial charge in [0.05, 0.1) is 0 Å². The van der Waals surface area contributed by atoms with Crippen molar-refractivity contribution in [3.63, 3.8) is 0 Å². The van der Waals surface area contributed by atoms with Crippen LogP contribution in [-0.4, -0.2) is 11.3 Å². The minimum atomic E-state index is -3.24. The highest BCUT2D eigenvalue weighted by molar-refractivity contribution is 8.30. The first-order chi connectivity index (χ1) is 29.1. The lowest BCUT2D eigenvalue weighted by Crippen LogP contribution is -2.16. The van der Waals surface area contributed by atoms with Gasteiger partial charge < -0.3 is 9.29 Å². The van der Waals surface area contributed by atoms with E-state index in [0.29, 0.717) is 0 Å². The average molecular weight is 781 g/mol. The maximum Gasteiger partial charge on any atom is 0.517 e. The molecule has 0 atom stereocenters. The summed E-state index contributed by atoms with van der Waals surface area (Å²) >= 11 is 0. The molecule has 0 saturated carbocycles. The number of benzene rings is 9. The lowest BCUT2D eigenvalue weighted by atomic mass is 9.93. The maximum atomic E-state index is 13.9. The number of rotatable bonds is 10. The Balaban J connectivity index is 1.56.